The number of fused-ring (bicyclic) bond motifs is 1. The molecule has 0 N–H and O–H groups in total. The van der Waals surface area contributed by atoms with Crippen LogP contribution in [0.5, 0.6) is 0 Å². The third-order valence-electron chi connectivity index (χ3n) is 4.61. The van der Waals surface area contributed by atoms with E-state index in [0.29, 0.717) is 6.73 Å². The molecule has 1 saturated heterocycles. The van der Waals surface area contributed by atoms with Crippen LogP contribution < -0.4 is 4.90 Å². The minimum absolute atomic E-state index is 0.585. The third kappa shape index (κ3) is 4.21. The molecule has 1 aliphatic heterocycles. The summed E-state index contributed by atoms with van der Waals surface area (Å²) in [5.41, 5.74) is 2.31. The van der Waals surface area contributed by atoms with Crippen LogP contribution >= 0.6 is 15.9 Å². The van der Waals surface area contributed by atoms with E-state index < -0.39 is 8.07 Å². The molecule has 24 heavy (non-hydrogen) atoms. The van der Waals surface area contributed by atoms with Gasteiger partial charge in [-0.15, -0.1) is 0 Å². The van der Waals surface area contributed by atoms with Crippen LogP contribution in [0.2, 0.25) is 25.7 Å². The van der Waals surface area contributed by atoms with Gasteiger partial charge in [0.2, 0.25) is 0 Å². The molecule has 0 bridgehead atoms. The Hall–Kier alpha value is -0.853. The van der Waals surface area contributed by atoms with Crippen molar-refractivity contribution in [1.29, 1.82) is 0 Å². The van der Waals surface area contributed by atoms with E-state index in [-0.39, 0.29) is 0 Å². The third-order valence-corrected chi connectivity index (χ3v) is 6.90. The van der Waals surface area contributed by atoms with Crippen molar-refractivity contribution < 1.29 is 4.74 Å². The second-order valence-electron chi connectivity index (χ2n) is 7.87. The first kappa shape index (κ1) is 18.0. The van der Waals surface area contributed by atoms with E-state index in [1.807, 2.05) is 6.20 Å². The molecule has 3 heterocycles. The summed E-state index contributed by atoms with van der Waals surface area (Å²) in [6.45, 7) is 10.8. The topological polar surface area (TPSA) is 30.3 Å². The molecule has 2 aromatic heterocycles. The average Bonchev–Trinajstić information content (AvgIpc) is 2.94. The fraction of sp³-hybridized carbons (Fsp3) is 0.611. The number of hydrogen-bond acceptors (Lipinski definition) is 3. The summed E-state index contributed by atoms with van der Waals surface area (Å²) >= 11 is 3.71. The highest BCUT2D eigenvalue weighted by molar-refractivity contribution is 9.10. The number of rotatable bonds is 6. The van der Waals surface area contributed by atoms with Crippen LogP contribution in [0.3, 0.4) is 0 Å². The van der Waals surface area contributed by atoms with Crippen molar-refractivity contribution in [3.05, 3.63) is 22.9 Å². The number of nitrogens with zero attached hydrogens (tertiary/aromatic N) is 3. The fourth-order valence-electron chi connectivity index (χ4n) is 3.18. The Labute approximate surface area is 154 Å². The highest BCUT2D eigenvalue weighted by Crippen LogP contribution is 2.35. The van der Waals surface area contributed by atoms with Gasteiger partial charge in [-0.2, -0.15) is 0 Å². The van der Waals surface area contributed by atoms with Gasteiger partial charge in [0.05, 0.1) is 10.2 Å². The van der Waals surface area contributed by atoms with E-state index in [4.69, 9.17) is 4.74 Å². The molecule has 4 nitrogen and oxygen atoms in total. The summed E-state index contributed by atoms with van der Waals surface area (Å²) in [6, 6.07) is 3.38. The zero-order valence-electron chi connectivity index (χ0n) is 15.0. The molecular formula is C18H28BrN3OSi. The first-order chi connectivity index (χ1) is 11.5. The van der Waals surface area contributed by atoms with Gasteiger partial charge in [-0.05, 0) is 47.3 Å². The van der Waals surface area contributed by atoms with E-state index in [2.05, 4.69) is 62.3 Å². The molecule has 0 saturated carbocycles. The van der Waals surface area contributed by atoms with Crippen LogP contribution in [0.25, 0.3) is 11.0 Å². The second-order valence-corrected chi connectivity index (χ2v) is 14.3. The lowest BCUT2D eigenvalue weighted by atomic mass is 10.1. The molecule has 1 aliphatic rings. The van der Waals surface area contributed by atoms with Gasteiger partial charge in [-0.3, -0.25) is 0 Å². The highest BCUT2D eigenvalue weighted by atomic mass is 79.9. The van der Waals surface area contributed by atoms with Gasteiger partial charge in [0, 0.05) is 45.6 Å². The molecular weight excluding hydrogens is 382 g/mol. The number of halogens is 1. The molecule has 2 aromatic rings. The van der Waals surface area contributed by atoms with Crippen molar-refractivity contribution in [3.63, 3.8) is 0 Å². The number of piperidine rings is 1. The maximum absolute atomic E-state index is 5.91. The Morgan fingerprint density at radius 2 is 1.96 bits per heavy atom. The normalized spacial score (nSPS) is 16.1. The maximum Gasteiger partial charge on any atom is 0.143 e. The minimum Gasteiger partial charge on any atom is -0.370 e. The lowest BCUT2D eigenvalue weighted by Crippen LogP contribution is -2.29. The molecule has 0 aromatic carbocycles. The fourth-order valence-corrected chi connectivity index (χ4v) is 4.51. The zero-order valence-corrected chi connectivity index (χ0v) is 17.6. The SMILES string of the molecule is C[Si](C)(C)CCOCn1ccc2c(N3CCCCC3)c(Br)cnc21. The summed E-state index contributed by atoms with van der Waals surface area (Å²) in [6.07, 6.45) is 7.93. The molecule has 6 heteroatoms. The van der Waals surface area contributed by atoms with Gasteiger partial charge >= 0.3 is 0 Å². The van der Waals surface area contributed by atoms with Crippen LogP contribution in [-0.2, 0) is 11.5 Å². The van der Waals surface area contributed by atoms with Crippen LogP contribution in [0.15, 0.2) is 22.9 Å². The van der Waals surface area contributed by atoms with Crippen LogP contribution in [0.4, 0.5) is 5.69 Å². The zero-order chi connectivity index (χ0) is 17.2. The highest BCUT2D eigenvalue weighted by Gasteiger charge is 2.19. The van der Waals surface area contributed by atoms with Crippen molar-refractivity contribution in [2.45, 2.75) is 51.7 Å². The summed E-state index contributed by atoms with van der Waals surface area (Å²) in [7, 11) is -1.03. The van der Waals surface area contributed by atoms with Crippen molar-refractivity contribution in [3.8, 4) is 0 Å². The van der Waals surface area contributed by atoms with E-state index in [1.165, 1.54) is 36.4 Å². The van der Waals surface area contributed by atoms with Gasteiger partial charge in [-0.1, -0.05) is 19.6 Å². The van der Waals surface area contributed by atoms with Crippen molar-refractivity contribution >= 4 is 40.7 Å². The number of aromatic nitrogens is 2. The lowest BCUT2D eigenvalue weighted by molar-refractivity contribution is 0.0899. The van der Waals surface area contributed by atoms with E-state index >= 15 is 0 Å². The Morgan fingerprint density at radius 3 is 2.67 bits per heavy atom. The Kier molecular flexibility index (Phi) is 5.67. The van der Waals surface area contributed by atoms with E-state index in [0.717, 1.165) is 29.8 Å². The van der Waals surface area contributed by atoms with E-state index in [1.54, 1.807) is 0 Å². The van der Waals surface area contributed by atoms with E-state index in [9.17, 15) is 0 Å². The van der Waals surface area contributed by atoms with Gasteiger partial charge < -0.3 is 14.2 Å². The summed E-state index contributed by atoms with van der Waals surface area (Å²) in [5.74, 6) is 0. The molecule has 0 spiro atoms. The predicted octanol–water partition coefficient (Wildman–Crippen LogP) is 5.10. The number of anilines is 1. The molecule has 1 fully saturated rings. The molecule has 0 unspecified atom stereocenters. The van der Waals surface area contributed by atoms with Gasteiger partial charge in [0.1, 0.15) is 12.4 Å². The predicted molar refractivity (Wildman–Crippen MR) is 108 cm³/mol. The van der Waals surface area contributed by atoms with Crippen molar-refractivity contribution in [2.24, 2.45) is 0 Å². The van der Waals surface area contributed by atoms with Crippen LogP contribution in [0, 0.1) is 0 Å². The molecule has 0 amide bonds. The monoisotopic (exact) mass is 409 g/mol. The minimum atomic E-state index is -1.03. The molecule has 0 atom stereocenters. The molecule has 0 radical (unpaired) electrons. The smallest absolute Gasteiger partial charge is 0.143 e. The Morgan fingerprint density at radius 1 is 1.21 bits per heavy atom. The summed E-state index contributed by atoms with van der Waals surface area (Å²) in [5, 5.41) is 1.22. The number of ether oxygens (including phenoxy) is 1. The Balaban J connectivity index is 1.77. The van der Waals surface area contributed by atoms with Crippen LogP contribution in [-0.4, -0.2) is 37.3 Å². The summed E-state index contributed by atoms with van der Waals surface area (Å²) in [4.78, 5) is 7.14. The van der Waals surface area contributed by atoms with Gasteiger partial charge in [0.25, 0.3) is 0 Å². The molecule has 0 aliphatic carbocycles. The number of pyridine rings is 1. The maximum atomic E-state index is 5.91. The van der Waals surface area contributed by atoms with Crippen molar-refractivity contribution in [2.75, 3.05) is 24.6 Å². The van der Waals surface area contributed by atoms with Crippen molar-refractivity contribution in [1.82, 2.24) is 9.55 Å². The second kappa shape index (κ2) is 7.58. The Bertz CT molecular complexity index is 689. The summed E-state index contributed by atoms with van der Waals surface area (Å²) < 4.78 is 9.13. The average molecular weight is 410 g/mol. The quantitative estimate of drug-likeness (QED) is 0.490. The molecule has 3 rings (SSSR count). The van der Waals surface area contributed by atoms with Gasteiger partial charge in [-0.25, -0.2) is 4.98 Å². The standard InChI is InChI=1S/C18H28BrN3OSi/c1-24(2,3)12-11-23-14-22-10-7-15-17(16(19)13-20-18(15)22)21-8-5-4-6-9-21/h7,10,13H,4-6,8-9,11-12,14H2,1-3H3. The first-order valence-corrected chi connectivity index (χ1v) is 13.4. The lowest BCUT2D eigenvalue weighted by Gasteiger charge is -2.30. The van der Waals surface area contributed by atoms with Crippen LogP contribution in [0.1, 0.15) is 19.3 Å². The number of hydrogen-bond donors (Lipinski definition) is 0. The first-order valence-electron chi connectivity index (χ1n) is 8.92. The largest absolute Gasteiger partial charge is 0.370 e. The van der Waals surface area contributed by atoms with Gasteiger partial charge in [0.15, 0.2) is 0 Å². The molecule has 132 valence electrons.